The second-order valence-corrected chi connectivity index (χ2v) is 3.62. The molecular formula is C11H11N5. The highest BCUT2D eigenvalue weighted by molar-refractivity contribution is 6.02. The lowest BCUT2D eigenvalue weighted by molar-refractivity contribution is 0.961. The Balaban J connectivity index is 2.56. The zero-order chi connectivity index (χ0) is 13.8. The van der Waals surface area contributed by atoms with Crippen LogP contribution < -0.4 is 5.73 Å². The summed E-state index contributed by atoms with van der Waals surface area (Å²) in [5, 5.41) is 0. The summed E-state index contributed by atoms with van der Waals surface area (Å²) in [6, 6.07) is 1.79. The fourth-order valence-electron chi connectivity index (χ4n) is 1.88. The summed E-state index contributed by atoms with van der Waals surface area (Å²) in [6.07, 6.45) is 3.12. The smallest absolute Gasteiger partial charge is 0.201 e. The lowest BCUT2D eigenvalue weighted by Gasteiger charge is -2.02. The quantitative estimate of drug-likeness (QED) is 0.616. The van der Waals surface area contributed by atoms with E-state index in [9.17, 15) is 0 Å². The van der Waals surface area contributed by atoms with Gasteiger partial charge in [-0.3, -0.25) is 9.97 Å². The number of hydrogen-bond acceptors (Lipinski definition) is 4. The van der Waals surface area contributed by atoms with E-state index in [-0.39, 0.29) is 5.95 Å². The maximum atomic E-state index is 7.56. The number of aryl methyl sites for hydroxylation is 2. The normalized spacial score (nSPS) is 14.9. The van der Waals surface area contributed by atoms with Gasteiger partial charge in [0.1, 0.15) is 11.0 Å². The fourth-order valence-corrected chi connectivity index (χ4v) is 1.88. The van der Waals surface area contributed by atoms with E-state index in [2.05, 4.69) is 15.0 Å². The Morgan fingerprint density at radius 1 is 1.31 bits per heavy atom. The Kier molecular flexibility index (Phi) is 1.17. The average Bonchev–Trinajstić information content (AvgIpc) is 2.67. The molecule has 5 nitrogen and oxygen atoms in total. The summed E-state index contributed by atoms with van der Waals surface area (Å²) in [4.78, 5) is 12.6. The topological polar surface area (TPSA) is 69.6 Å². The van der Waals surface area contributed by atoms with Crippen molar-refractivity contribution in [1.82, 2.24) is 19.5 Å². The van der Waals surface area contributed by atoms with Crippen molar-refractivity contribution in [2.24, 2.45) is 6.98 Å². The first-order valence-electron chi connectivity index (χ1n) is 6.28. The number of nitrogen functional groups attached to an aromatic ring is 1. The van der Waals surface area contributed by atoms with Gasteiger partial charge >= 0.3 is 0 Å². The molecule has 0 amide bonds. The maximum Gasteiger partial charge on any atom is 0.201 e. The lowest BCUT2D eigenvalue weighted by atomic mass is 10.1. The van der Waals surface area contributed by atoms with Crippen molar-refractivity contribution in [3.05, 3.63) is 24.0 Å². The van der Waals surface area contributed by atoms with Gasteiger partial charge < -0.3 is 10.3 Å². The van der Waals surface area contributed by atoms with E-state index >= 15 is 0 Å². The van der Waals surface area contributed by atoms with E-state index in [1.807, 2.05) is 0 Å². The van der Waals surface area contributed by atoms with Crippen LogP contribution in [0.4, 0.5) is 5.95 Å². The molecule has 3 rings (SSSR count). The Bertz CT molecular complexity index is 790. The number of fused-ring (bicyclic) bond motifs is 3. The molecule has 0 unspecified atom stereocenters. The van der Waals surface area contributed by atoms with E-state index in [4.69, 9.17) is 9.85 Å². The van der Waals surface area contributed by atoms with Crippen LogP contribution in [0.1, 0.15) is 9.68 Å². The van der Waals surface area contributed by atoms with Gasteiger partial charge in [0.05, 0.1) is 11.0 Å². The first-order valence-corrected chi connectivity index (χ1v) is 4.78. The number of benzene rings is 1. The van der Waals surface area contributed by atoms with Crippen LogP contribution in [0, 0.1) is 6.92 Å². The molecule has 0 atom stereocenters. The highest BCUT2D eigenvalue weighted by atomic mass is 15.1. The monoisotopic (exact) mass is 216 g/mol. The van der Waals surface area contributed by atoms with Gasteiger partial charge in [0, 0.05) is 23.5 Å². The summed E-state index contributed by atoms with van der Waals surface area (Å²) in [5.74, 6) is -0.0451. The zero-order valence-corrected chi connectivity index (χ0v) is 8.60. The number of anilines is 1. The predicted octanol–water partition coefficient (Wildman–Crippen LogP) is 1.41. The average molecular weight is 216 g/mol. The lowest BCUT2D eigenvalue weighted by Crippen LogP contribution is -1.97. The van der Waals surface area contributed by atoms with Crippen molar-refractivity contribution in [3.8, 4) is 0 Å². The molecule has 80 valence electrons. The number of imidazole rings is 1. The summed E-state index contributed by atoms with van der Waals surface area (Å²) in [5.41, 5.74) is 8.67. The highest BCUT2D eigenvalue weighted by Crippen LogP contribution is 2.26. The van der Waals surface area contributed by atoms with Crippen LogP contribution in [0.3, 0.4) is 0 Å². The van der Waals surface area contributed by atoms with Gasteiger partial charge in [-0.2, -0.15) is 0 Å². The number of nitrogens with zero attached hydrogens (tertiary/aromatic N) is 4. The van der Waals surface area contributed by atoms with E-state index in [1.165, 1.54) is 0 Å². The fraction of sp³-hybridized carbons (Fsp3) is 0.182. The molecule has 5 heteroatoms. The van der Waals surface area contributed by atoms with Crippen LogP contribution in [0.5, 0.6) is 0 Å². The van der Waals surface area contributed by atoms with Gasteiger partial charge in [0.15, 0.2) is 0 Å². The van der Waals surface area contributed by atoms with Crippen LogP contribution in [0.15, 0.2) is 18.5 Å². The third kappa shape index (κ3) is 1.02. The first-order chi connectivity index (χ1) is 8.89. The third-order valence-corrected chi connectivity index (χ3v) is 2.58. The first kappa shape index (κ1) is 6.42. The predicted molar refractivity (Wildman–Crippen MR) is 63.0 cm³/mol. The van der Waals surface area contributed by atoms with Gasteiger partial charge in [0.25, 0.3) is 0 Å². The minimum atomic E-state index is -2.38. The van der Waals surface area contributed by atoms with Gasteiger partial charge in [-0.15, -0.1) is 0 Å². The van der Waals surface area contributed by atoms with Crippen molar-refractivity contribution in [1.29, 1.82) is 0 Å². The molecule has 0 saturated carbocycles. The molecule has 16 heavy (non-hydrogen) atoms. The maximum absolute atomic E-state index is 7.56. The molecule has 2 heterocycles. The van der Waals surface area contributed by atoms with Gasteiger partial charge in [0.2, 0.25) is 5.95 Å². The van der Waals surface area contributed by atoms with E-state index < -0.39 is 6.98 Å². The minimum Gasteiger partial charge on any atom is -0.369 e. The van der Waals surface area contributed by atoms with E-state index in [0.29, 0.717) is 22.1 Å². The molecule has 0 saturated heterocycles. The van der Waals surface area contributed by atoms with E-state index in [1.54, 1.807) is 25.4 Å². The van der Waals surface area contributed by atoms with Crippen molar-refractivity contribution in [2.45, 2.75) is 6.92 Å². The molecule has 3 aromatic rings. The Morgan fingerprint density at radius 3 is 2.94 bits per heavy atom. The standard InChI is InChI=1S/C11H11N5/c1-6-5-7-8(14-4-3-13-7)9-10(6)16(2)11(12)15-9/h3-5H,1-2H3,(H2,12,15)/i2D3. The molecule has 0 aliphatic carbocycles. The molecule has 0 aliphatic heterocycles. The van der Waals surface area contributed by atoms with Crippen LogP contribution in [-0.2, 0) is 6.98 Å². The molecule has 0 bridgehead atoms. The highest BCUT2D eigenvalue weighted by Gasteiger charge is 2.12. The second kappa shape index (κ2) is 2.91. The van der Waals surface area contributed by atoms with Gasteiger partial charge in [-0.1, -0.05) is 0 Å². The van der Waals surface area contributed by atoms with Gasteiger partial charge in [-0.05, 0) is 18.6 Å². The minimum absolute atomic E-state index is 0.0451. The number of aromatic nitrogens is 4. The molecule has 2 N–H and O–H groups in total. The largest absolute Gasteiger partial charge is 0.369 e. The number of nitrogens with two attached hydrogens (primary N) is 1. The van der Waals surface area contributed by atoms with Crippen molar-refractivity contribution in [2.75, 3.05) is 5.73 Å². The van der Waals surface area contributed by atoms with Crippen LogP contribution in [0.2, 0.25) is 0 Å². The second-order valence-electron chi connectivity index (χ2n) is 3.62. The summed E-state index contributed by atoms with van der Waals surface area (Å²) in [7, 11) is 0. The Hall–Kier alpha value is -2.17. The van der Waals surface area contributed by atoms with Crippen LogP contribution in [0.25, 0.3) is 22.1 Å². The molecule has 1 aromatic carbocycles. The van der Waals surface area contributed by atoms with Crippen LogP contribution in [-0.4, -0.2) is 19.5 Å². The molecule has 0 spiro atoms. The Labute approximate surface area is 96.2 Å². The molecule has 0 fully saturated rings. The zero-order valence-electron chi connectivity index (χ0n) is 11.6. The van der Waals surface area contributed by atoms with Crippen LogP contribution >= 0.6 is 0 Å². The van der Waals surface area contributed by atoms with Crippen molar-refractivity contribution < 1.29 is 4.11 Å². The third-order valence-electron chi connectivity index (χ3n) is 2.58. The van der Waals surface area contributed by atoms with E-state index in [0.717, 1.165) is 10.1 Å². The summed E-state index contributed by atoms with van der Waals surface area (Å²) >= 11 is 0. The number of rotatable bonds is 0. The molecule has 2 aromatic heterocycles. The summed E-state index contributed by atoms with van der Waals surface area (Å²) in [6.45, 7) is -0.570. The Morgan fingerprint density at radius 2 is 2.12 bits per heavy atom. The van der Waals surface area contributed by atoms with Gasteiger partial charge in [-0.25, -0.2) is 4.98 Å². The summed E-state index contributed by atoms with van der Waals surface area (Å²) < 4.78 is 23.7. The number of hydrogen-bond donors (Lipinski definition) is 1. The molecule has 0 radical (unpaired) electrons. The molecular weight excluding hydrogens is 202 g/mol. The van der Waals surface area contributed by atoms with Crippen molar-refractivity contribution in [3.63, 3.8) is 0 Å². The van der Waals surface area contributed by atoms with Crippen molar-refractivity contribution >= 4 is 28.0 Å². The SMILES string of the molecule is [2H]C([2H])([2H])n1c(N)nc2c3nccnc3cc(C)c21. The molecule has 0 aliphatic rings.